The molecule has 2 aromatic carbocycles. The number of amides is 1. The molecular formula is C32H39Cl2N3O9S. The van der Waals surface area contributed by atoms with Crippen LogP contribution in [0.25, 0.3) is 10.9 Å². The van der Waals surface area contributed by atoms with Gasteiger partial charge in [-0.05, 0) is 98.7 Å². The fourth-order valence-electron chi connectivity index (χ4n) is 4.25. The Hall–Kier alpha value is -3.81. The zero-order valence-electron chi connectivity index (χ0n) is 27.7. The van der Waals surface area contributed by atoms with Crippen LogP contribution in [-0.2, 0) is 33.8 Å². The van der Waals surface area contributed by atoms with Crippen molar-refractivity contribution in [1.29, 1.82) is 0 Å². The van der Waals surface area contributed by atoms with Gasteiger partial charge in [-0.1, -0.05) is 23.2 Å². The van der Waals surface area contributed by atoms with E-state index in [0.717, 1.165) is 8.87 Å². The summed E-state index contributed by atoms with van der Waals surface area (Å²) >= 11 is 12.2. The van der Waals surface area contributed by atoms with Crippen molar-refractivity contribution in [3.63, 3.8) is 0 Å². The lowest BCUT2D eigenvalue weighted by atomic mass is 10.1. The van der Waals surface area contributed by atoms with Crippen molar-refractivity contribution in [2.24, 2.45) is 0 Å². The molecule has 1 aromatic heterocycles. The molecule has 0 aliphatic rings. The quantitative estimate of drug-likeness (QED) is 0.209. The Morgan fingerprint density at radius 1 is 0.787 bits per heavy atom. The number of halogens is 2. The molecule has 1 N–H and O–H groups in total. The lowest BCUT2D eigenvalue weighted by Crippen LogP contribution is -2.39. The van der Waals surface area contributed by atoms with E-state index in [2.05, 4.69) is 5.32 Å². The summed E-state index contributed by atoms with van der Waals surface area (Å²) in [6, 6.07) is 7.81. The van der Waals surface area contributed by atoms with Crippen molar-refractivity contribution in [2.75, 3.05) is 17.4 Å². The number of ether oxygens (including phenoxy) is 3. The van der Waals surface area contributed by atoms with Gasteiger partial charge < -0.3 is 19.5 Å². The molecule has 15 heteroatoms. The highest BCUT2D eigenvalue weighted by Crippen LogP contribution is 2.32. The molecule has 0 bridgehead atoms. The Labute approximate surface area is 284 Å². The second-order valence-corrected chi connectivity index (χ2v) is 16.3. The number of rotatable bonds is 8. The molecule has 0 fully saturated rings. The first-order valence-corrected chi connectivity index (χ1v) is 16.6. The Bertz CT molecular complexity index is 1800. The van der Waals surface area contributed by atoms with Gasteiger partial charge in [0.25, 0.3) is 15.9 Å². The van der Waals surface area contributed by atoms with Gasteiger partial charge in [0.1, 0.15) is 29.9 Å². The van der Waals surface area contributed by atoms with E-state index in [1.54, 1.807) is 62.3 Å². The molecule has 0 aliphatic heterocycles. The molecule has 0 radical (unpaired) electrons. The summed E-state index contributed by atoms with van der Waals surface area (Å²) in [5.41, 5.74) is -2.61. The normalized spacial score (nSPS) is 12.4. The number of sulfonamides is 1. The Morgan fingerprint density at radius 3 is 1.85 bits per heavy atom. The fraction of sp³-hybridized carbons (Fsp3) is 0.438. The molecule has 256 valence electrons. The summed E-state index contributed by atoms with van der Waals surface area (Å²) in [4.78, 5) is 51.6. The minimum atomic E-state index is -4.52. The third-order valence-corrected chi connectivity index (χ3v) is 8.03. The van der Waals surface area contributed by atoms with Gasteiger partial charge in [-0.2, -0.15) is 0 Å². The van der Waals surface area contributed by atoms with Crippen LogP contribution in [0.15, 0.2) is 47.5 Å². The number of hydrogen-bond acceptors (Lipinski definition) is 9. The Morgan fingerprint density at radius 2 is 1.32 bits per heavy atom. The van der Waals surface area contributed by atoms with Crippen LogP contribution < -0.4 is 9.62 Å². The monoisotopic (exact) mass is 711 g/mol. The van der Waals surface area contributed by atoms with Gasteiger partial charge >= 0.3 is 18.0 Å². The zero-order valence-corrected chi connectivity index (χ0v) is 30.0. The molecule has 0 saturated heterocycles. The largest absolute Gasteiger partial charge is 0.459 e. The summed E-state index contributed by atoms with van der Waals surface area (Å²) in [5.74, 6) is -2.24. The first kappa shape index (κ1) is 37.6. The summed E-state index contributed by atoms with van der Waals surface area (Å²) in [6.07, 6.45) is 0.352. The predicted molar refractivity (Wildman–Crippen MR) is 179 cm³/mol. The van der Waals surface area contributed by atoms with Crippen LogP contribution >= 0.6 is 23.2 Å². The molecule has 1 heterocycles. The van der Waals surface area contributed by atoms with Gasteiger partial charge in [0.05, 0.1) is 21.7 Å². The molecule has 47 heavy (non-hydrogen) atoms. The van der Waals surface area contributed by atoms with E-state index in [4.69, 9.17) is 37.4 Å². The van der Waals surface area contributed by atoms with Crippen LogP contribution in [-0.4, -0.2) is 66.8 Å². The van der Waals surface area contributed by atoms with E-state index in [1.165, 1.54) is 42.6 Å². The Kier molecular flexibility index (Phi) is 11.0. The predicted octanol–water partition coefficient (Wildman–Crippen LogP) is 6.34. The van der Waals surface area contributed by atoms with Crippen molar-refractivity contribution in [2.45, 2.75) is 84.0 Å². The lowest BCUT2D eigenvalue weighted by molar-refractivity contribution is -0.154. The van der Waals surface area contributed by atoms with Crippen LogP contribution in [0.1, 0.15) is 72.7 Å². The summed E-state index contributed by atoms with van der Waals surface area (Å²) in [7, 11) is -4.52. The van der Waals surface area contributed by atoms with Gasteiger partial charge in [-0.3, -0.25) is 23.3 Å². The molecule has 0 atom stereocenters. The number of aromatic nitrogens is 1. The van der Waals surface area contributed by atoms with Crippen LogP contribution in [0, 0.1) is 0 Å². The summed E-state index contributed by atoms with van der Waals surface area (Å²) in [6.45, 7) is 13.7. The Balaban J connectivity index is 2.19. The zero-order chi connectivity index (χ0) is 35.7. The molecule has 12 nitrogen and oxygen atoms in total. The average Bonchev–Trinajstić information content (AvgIpc) is 3.26. The third-order valence-electron chi connectivity index (χ3n) is 5.84. The molecule has 0 aliphatic carbocycles. The number of nitrogens with zero attached hydrogens (tertiary/aromatic N) is 2. The average molecular weight is 713 g/mol. The fourth-order valence-corrected chi connectivity index (χ4v) is 6.38. The first-order valence-electron chi connectivity index (χ1n) is 14.5. The number of benzene rings is 2. The van der Waals surface area contributed by atoms with Gasteiger partial charge in [-0.15, -0.1) is 0 Å². The topological polar surface area (TPSA) is 150 Å². The van der Waals surface area contributed by atoms with Crippen LogP contribution in [0.2, 0.25) is 10.0 Å². The van der Waals surface area contributed by atoms with E-state index in [9.17, 15) is 27.6 Å². The molecular weight excluding hydrogens is 673 g/mol. The van der Waals surface area contributed by atoms with Crippen molar-refractivity contribution in [1.82, 2.24) is 9.88 Å². The summed E-state index contributed by atoms with van der Waals surface area (Å²) < 4.78 is 46.1. The highest BCUT2D eigenvalue weighted by atomic mass is 35.5. The van der Waals surface area contributed by atoms with E-state index in [1.807, 2.05) is 0 Å². The third kappa shape index (κ3) is 10.3. The highest BCUT2D eigenvalue weighted by molar-refractivity contribution is 7.92. The van der Waals surface area contributed by atoms with Crippen molar-refractivity contribution >= 4 is 73.8 Å². The van der Waals surface area contributed by atoms with E-state index in [0.29, 0.717) is 0 Å². The second kappa shape index (κ2) is 13.7. The van der Waals surface area contributed by atoms with Gasteiger partial charge in [-0.25, -0.2) is 13.2 Å². The molecule has 0 spiro atoms. The molecule has 0 saturated carbocycles. The number of anilines is 1. The minimum absolute atomic E-state index is 0.0101. The van der Waals surface area contributed by atoms with E-state index >= 15 is 0 Å². The first-order chi connectivity index (χ1) is 21.4. The number of esters is 2. The lowest BCUT2D eigenvalue weighted by Gasteiger charge is -2.26. The van der Waals surface area contributed by atoms with E-state index < -0.39 is 63.9 Å². The van der Waals surface area contributed by atoms with Crippen molar-refractivity contribution in [3.05, 3.63) is 58.2 Å². The maximum Gasteiger partial charge on any atom is 0.419 e. The number of hydrogen-bond donors (Lipinski definition) is 1. The van der Waals surface area contributed by atoms with Crippen molar-refractivity contribution in [3.8, 4) is 0 Å². The van der Waals surface area contributed by atoms with Crippen LogP contribution in [0.5, 0.6) is 0 Å². The molecule has 1 amide bonds. The maximum atomic E-state index is 14.0. The number of carbonyl (C=O) groups excluding carboxylic acids is 4. The number of carbonyl (C=O) groups is 4. The molecule has 3 aromatic rings. The number of fused-ring (bicyclic) bond motifs is 1. The summed E-state index contributed by atoms with van der Waals surface area (Å²) in [5, 5.41) is 2.80. The van der Waals surface area contributed by atoms with Gasteiger partial charge in [0.2, 0.25) is 0 Å². The standard InChI is InChI=1S/C32H39Cl2N3O9S/c1-30(2,3)44-26(38)16-35-28(40)24-17-36(29(41)46-32(7,8)9)25-15-21(10-11-23(24)25)37(18-27(39)45-31(4,5)6)47(42,43)22-13-19(33)12-20(34)14-22/h10-15,17H,16,18H2,1-9H3,(H,35,40). The van der Waals surface area contributed by atoms with Crippen LogP contribution in [0.3, 0.4) is 0 Å². The highest BCUT2D eigenvalue weighted by Gasteiger charge is 2.32. The number of nitrogens with one attached hydrogen (secondary N) is 1. The van der Waals surface area contributed by atoms with Gasteiger partial charge in [0.15, 0.2) is 0 Å². The minimum Gasteiger partial charge on any atom is -0.459 e. The second-order valence-electron chi connectivity index (χ2n) is 13.6. The van der Waals surface area contributed by atoms with Crippen molar-refractivity contribution < 1.29 is 41.8 Å². The maximum absolute atomic E-state index is 14.0. The molecule has 0 unspecified atom stereocenters. The SMILES string of the molecule is CC(C)(C)OC(=O)CNC(=O)c1cn(C(=O)OC(C)(C)C)c2cc(N(CC(=O)OC(C)(C)C)S(=O)(=O)c3cc(Cl)cc(Cl)c3)ccc12. The molecule has 3 rings (SSSR count). The smallest absolute Gasteiger partial charge is 0.419 e. The van der Waals surface area contributed by atoms with E-state index in [-0.39, 0.29) is 37.1 Å². The van der Waals surface area contributed by atoms with Gasteiger partial charge in [0, 0.05) is 21.6 Å². The van der Waals surface area contributed by atoms with Crippen LogP contribution in [0.4, 0.5) is 10.5 Å².